The molecule has 1 unspecified atom stereocenters. The van der Waals surface area contributed by atoms with Crippen LogP contribution in [0.3, 0.4) is 0 Å². The number of aliphatic hydroxyl groups excluding tert-OH is 1. The molecule has 1 atom stereocenters. The number of nitrogens with zero attached hydrogens (tertiary/aromatic N) is 1. The Kier molecular flexibility index (Phi) is 5.44. The van der Waals surface area contributed by atoms with Crippen LogP contribution in [0.15, 0.2) is 42.5 Å². The fourth-order valence-electron chi connectivity index (χ4n) is 3.02. The van der Waals surface area contributed by atoms with E-state index >= 15 is 0 Å². The van der Waals surface area contributed by atoms with Crippen LogP contribution in [0.4, 0.5) is 0 Å². The average Bonchev–Trinajstić information content (AvgIpc) is 2.77. The lowest BCUT2D eigenvalue weighted by atomic mass is 9.97. The second kappa shape index (κ2) is 7.56. The van der Waals surface area contributed by atoms with Crippen LogP contribution >= 0.6 is 11.6 Å². The minimum absolute atomic E-state index is 0.194. The number of benzene rings is 2. The van der Waals surface area contributed by atoms with Gasteiger partial charge >= 0.3 is 0 Å². The maximum Gasteiger partial charge on any atom is 0.123 e. The third-order valence-corrected chi connectivity index (χ3v) is 4.69. The van der Waals surface area contributed by atoms with Crippen molar-refractivity contribution < 1.29 is 9.84 Å². The van der Waals surface area contributed by atoms with Crippen molar-refractivity contribution in [2.75, 3.05) is 13.2 Å². The molecule has 0 radical (unpaired) electrons. The second-order valence-corrected chi connectivity index (χ2v) is 7.18. The Morgan fingerprint density at radius 1 is 1.17 bits per heavy atom. The fourth-order valence-corrected chi connectivity index (χ4v) is 3.15. The Hall–Kier alpha value is -1.55. The van der Waals surface area contributed by atoms with E-state index in [0.29, 0.717) is 6.61 Å². The van der Waals surface area contributed by atoms with Crippen LogP contribution in [0.1, 0.15) is 36.6 Å². The van der Waals surface area contributed by atoms with E-state index in [2.05, 4.69) is 23.1 Å². The predicted molar refractivity (Wildman–Crippen MR) is 97.3 cm³/mol. The van der Waals surface area contributed by atoms with Gasteiger partial charge in [-0.1, -0.05) is 43.6 Å². The molecule has 3 rings (SSSR count). The number of fused-ring (bicyclic) bond motifs is 1. The number of hydrogen-bond donors (Lipinski definition) is 1. The Morgan fingerprint density at radius 3 is 2.62 bits per heavy atom. The molecule has 24 heavy (non-hydrogen) atoms. The van der Waals surface area contributed by atoms with Gasteiger partial charge in [0.25, 0.3) is 0 Å². The number of ether oxygens (including phenoxy) is 1. The first-order valence-corrected chi connectivity index (χ1v) is 8.81. The molecule has 4 heteroatoms. The van der Waals surface area contributed by atoms with E-state index in [4.69, 9.17) is 16.3 Å². The minimum atomic E-state index is -0.441. The zero-order valence-corrected chi connectivity index (χ0v) is 15.0. The van der Waals surface area contributed by atoms with E-state index in [1.54, 1.807) is 0 Å². The minimum Gasteiger partial charge on any atom is -0.492 e. The van der Waals surface area contributed by atoms with Crippen molar-refractivity contribution in [2.24, 2.45) is 5.92 Å². The van der Waals surface area contributed by atoms with Gasteiger partial charge in [0, 0.05) is 30.2 Å². The summed E-state index contributed by atoms with van der Waals surface area (Å²) in [6, 6.07) is 14.0. The number of halogens is 1. The van der Waals surface area contributed by atoms with Crippen molar-refractivity contribution in [2.45, 2.75) is 33.0 Å². The average molecular weight is 346 g/mol. The first kappa shape index (κ1) is 17.3. The van der Waals surface area contributed by atoms with Crippen molar-refractivity contribution in [1.82, 2.24) is 4.90 Å². The zero-order chi connectivity index (χ0) is 17.1. The summed E-state index contributed by atoms with van der Waals surface area (Å²) in [5.41, 5.74) is 3.33. The van der Waals surface area contributed by atoms with Gasteiger partial charge in [0.2, 0.25) is 0 Å². The van der Waals surface area contributed by atoms with E-state index in [1.165, 1.54) is 5.56 Å². The molecule has 3 nitrogen and oxygen atoms in total. The van der Waals surface area contributed by atoms with Crippen molar-refractivity contribution >= 4 is 11.6 Å². The molecule has 0 aliphatic carbocycles. The van der Waals surface area contributed by atoms with Crippen molar-refractivity contribution in [3.05, 3.63) is 64.2 Å². The topological polar surface area (TPSA) is 32.7 Å². The molecule has 1 heterocycles. The van der Waals surface area contributed by atoms with Crippen LogP contribution in [-0.2, 0) is 13.1 Å². The summed E-state index contributed by atoms with van der Waals surface area (Å²) >= 11 is 5.96. The molecule has 128 valence electrons. The Bertz CT molecular complexity index is 685. The van der Waals surface area contributed by atoms with Crippen molar-refractivity contribution in [3.8, 4) is 5.75 Å². The van der Waals surface area contributed by atoms with Gasteiger partial charge in [-0.15, -0.1) is 0 Å². The summed E-state index contributed by atoms with van der Waals surface area (Å²) in [5, 5.41) is 11.1. The Morgan fingerprint density at radius 2 is 1.92 bits per heavy atom. The summed E-state index contributed by atoms with van der Waals surface area (Å²) in [4.78, 5) is 2.36. The van der Waals surface area contributed by atoms with Gasteiger partial charge in [0.15, 0.2) is 0 Å². The van der Waals surface area contributed by atoms with E-state index in [-0.39, 0.29) is 5.92 Å². The van der Waals surface area contributed by atoms with E-state index in [0.717, 1.165) is 41.5 Å². The van der Waals surface area contributed by atoms with Gasteiger partial charge in [-0.3, -0.25) is 4.90 Å². The van der Waals surface area contributed by atoms with Crippen LogP contribution in [0, 0.1) is 5.92 Å². The maximum atomic E-state index is 10.3. The van der Waals surface area contributed by atoms with Gasteiger partial charge in [-0.25, -0.2) is 0 Å². The third-order valence-electron chi connectivity index (χ3n) is 4.44. The smallest absolute Gasteiger partial charge is 0.123 e. The number of aliphatic hydroxyl groups is 1. The van der Waals surface area contributed by atoms with Crippen molar-refractivity contribution in [3.63, 3.8) is 0 Å². The molecule has 0 saturated carbocycles. The van der Waals surface area contributed by atoms with Gasteiger partial charge in [-0.05, 0) is 41.3 Å². The molecule has 1 N–H and O–H groups in total. The van der Waals surface area contributed by atoms with Crippen LogP contribution in [0.5, 0.6) is 5.75 Å². The van der Waals surface area contributed by atoms with Gasteiger partial charge in [-0.2, -0.15) is 0 Å². The molecule has 0 fully saturated rings. The molecule has 1 aliphatic rings. The monoisotopic (exact) mass is 345 g/mol. The molecule has 0 spiro atoms. The lowest BCUT2D eigenvalue weighted by Crippen LogP contribution is -2.25. The molecular formula is C20H24ClNO2. The predicted octanol–water partition coefficient (Wildman–Crippen LogP) is 4.42. The van der Waals surface area contributed by atoms with Crippen LogP contribution in [0.2, 0.25) is 5.02 Å². The molecule has 2 aromatic carbocycles. The first-order chi connectivity index (χ1) is 11.5. The van der Waals surface area contributed by atoms with Crippen LogP contribution in [0.25, 0.3) is 0 Å². The molecule has 0 amide bonds. The van der Waals surface area contributed by atoms with Gasteiger partial charge in [0.1, 0.15) is 12.4 Å². The Balaban J connectivity index is 1.78. The van der Waals surface area contributed by atoms with Crippen LogP contribution in [-0.4, -0.2) is 23.2 Å². The lowest BCUT2D eigenvalue weighted by molar-refractivity contribution is 0.126. The van der Waals surface area contributed by atoms with E-state index in [1.807, 2.05) is 38.1 Å². The normalized spacial score (nSPS) is 16.4. The highest BCUT2D eigenvalue weighted by Gasteiger charge is 2.19. The lowest BCUT2D eigenvalue weighted by Gasteiger charge is -2.20. The molecule has 0 saturated heterocycles. The summed E-state index contributed by atoms with van der Waals surface area (Å²) < 4.78 is 5.89. The molecule has 2 aromatic rings. The summed E-state index contributed by atoms with van der Waals surface area (Å²) in [6.45, 7) is 7.28. The molecular weight excluding hydrogens is 322 g/mol. The third kappa shape index (κ3) is 4.10. The highest BCUT2D eigenvalue weighted by atomic mass is 35.5. The van der Waals surface area contributed by atoms with Gasteiger partial charge < -0.3 is 9.84 Å². The Labute approximate surface area is 148 Å². The van der Waals surface area contributed by atoms with Crippen molar-refractivity contribution in [1.29, 1.82) is 0 Å². The van der Waals surface area contributed by atoms with Crippen LogP contribution < -0.4 is 4.74 Å². The largest absolute Gasteiger partial charge is 0.492 e. The SMILES string of the molecule is CC(C)C(O)c1ccc2c(c1)CN(Cc1ccc(Cl)cc1)CCO2. The molecule has 1 aliphatic heterocycles. The van der Waals surface area contributed by atoms with E-state index in [9.17, 15) is 5.11 Å². The molecule has 0 aromatic heterocycles. The summed E-state index contributed by atoms with van der Waals surface area (Å²) in [6.07, 6.45) is -0.441. The fraction of sp³-hybridized carbons (Fsp3) is 0.400. The summed E-state index contributed by atoms with van der Waals surface area (Å²) in [7, 11) is 0. The van der Waals surface area contributed by atoms with Gasteiger partial charge in [0.05, 0.1) is 6.10 Å². The number of rotatable bonds is 4. The zero-order valence-electron chi connectivity index (χ0n) is 14.2. The molecule has 0 bridgehead atoms. The summed E-state index contributed by atoms with van der Waals surface area (Å²) in [5.74, 6) is 1.12. The maximum absolute atomic E-state index is 10.3. The number of hydrogen-bond acceptors (Lipinski definition) is 3. The second-order valence-electron chi connectivity index (χ2n) is 6.74. The first-order valence-electron chi connectivity index (χ1n) is 8.43. The standard InChI is InChI=1S/C20H24ClNO2/c1-14(2)20(23)16-5-8-19-17(11-16)13-22(9-10-24-19)12-15-3-6-18(21)7-4-15/h3-8,11,14,20,23H,9-10,12-13H2,1-2H3. The highest BCUT2D eigenvalue weighted by Crippen LogP contribution is 2.29. The van der Waals surface area contributed by atoms with E-state index < -0.39 is 6.10 Å². The highest BCUT2D eigenvalue weighted by molar-refractivity contribution is 6.30. The quantitative estimate of drug-likeness (QED) is 0.890.